The van der Waals surface area contributed by atoms with Crippen molar-refractivity contribution in [3.8, 4) is 11.5 Å². The second kappa shape index (κ2) is 8.12. The van der Waals surface area contributed by atoms with Gasteiger partial charge in [-0.15, -0.1) is 0 Å². The van der Waals surface area contributed by atoms with E-state index in [-0.39, 0.29) is 18.8 Å². The van der Waals surface area contributed by atoms with Crippen LogP contribution in [0, 0.1) is 0 Å². The molecule has 0 fully saturated rings. The highest BCUT2D eigenvalue weighted by atomic mass is 16.5. The van der Waals surface area contributed by atoms with Gasteiger partial charge in [0, 0.05) is 12.0 Å². The average molecular weight is 330 g/mol. The Labute approximate surface area is 139 Å². The number of Topliss-reactive ketones (excluding diaryl/α,β-unsaturated/α-hetero) is 1. The number of carboxylic acids is 1. The Morgan fingerprint density at radius 1 is 1.08 bits per heavy atom. The number of hydrogen-bond donors (Lipinski definition) is 2. The summed E-state index contributed by atoms with van der Waals surface area (Å²) < 4.78 is 10.5. The lowest BCUT2D eigenvalue weighted by atomic mass is 10.1. The quantitative estimate of drug-likeness (QED) is 0.719. The van der Waals surface area contributed by atoms with Gasteiger partial charge in [-0.2, -0.15) is 0 Å². The van der Waals surface area contributed by atoms with Crippen LogP contribution in [0.4, 0.5) is 0 Å². The van der Waals surface area contributed by atoms with Gasteiger partial charge in [-0.05, 0) is 29.8 Å². The molecule has 0 aliphatic rings. The molecule has 1 atom stereocenters. The molecule has 1 unspecified atom stereocenters. The first kappa shape index (κ1) is 17.5. The zero-order valence-electron chi connectivity index (χ0n) is 13.1. The van der Waals surface area contributed by atoms with E-state index in [4.69, 9.17) is 14.6 Å². The molecule has 2 aromatic rings. The fourth-order valence-corrected chi connectivity index (χ4v) is 2.06. The van der Waals surface area contributed by atoms with Crippen molar-refractivity contribution in [2.45, 2.75) is 12.5 Å². The number of aliphatic carboxylic acids is 1. The summed E-state index contributed by atoms with van der Waals surface area (Å²) in [6.45, 7) is -0.121. The number of carbonyl (C=O) groups excluding carboxylic acids is 1. The van der Waals surface area contributed by atoms with Crippen LogP contribution in [0.1, 0.15) is 15.9 Å². The summed E-state index contributed by atoms with van der Waals surface area (Å²) in [7, 11) is 1.53. The van der Waals surface area contributed by atoms with Crippen molar-refractivity contribution in [3.05, 3.63) is 59.7 Å². The van der Waals surface area contributed by atoms with Crippen LogP contribution in [-0.4, -0.2) is 41.8 Å². The minimum Gasteiger partial charge on any atom is -0.497 e. The summed E-state index contributed by atoms with van der Waals surface area (Å²) in [4.78, 5) is 22.7. The molecule has 0 spiro atoms. The molecule has 6 nitrogen and oxygen atoms in total. The van der Waals surface area contributed by atoms with Crippen molar-refractivity contribution in [2.24, 2.45) is 0 Å². The van der Waals surface area contributed by atoms with Crippen LogP contribution >= 0.6 is 0 Å². The van der Waals surface area contributed by atoms with Gasteiger partial charge in [0.2, 0.25) is 0 Å². The van der Waals surface area contributed by atoms with Gasteiger partial charge in [-0.1, -0.05) is 24.3 Å². The summed E-state index contributed by atoms with van der Waals surface area (Å²) in [5, 5.41) is 18.0. The molecule has 0 amide bonds. The van der Waals surface area contributed by atoms with E-state index in [0.29, 0.717) is 22.6 Å². The Balaban J connectivity index is 1.92. The number of aliphatic hydroxyl groups is 1. The first-order chi connectivity index (χ1) is 11.5. The summed E-state index contributed by atoms with van der Waals surface area (Å²) in [6.07, 6.45) is -1.43. The van der Waals surface area contributed by atoms with Crippen molar-refractivity contribution in [1.82, 2.24) is 0 Å². The fraction of sp³-hybridized carbons (Fsp3) is 0.222. The SMILES string of the molecule is COc1cccc(C(=O)COc2ccc(CC(O)C(=O)O)cc2)c1. The highest BCUT2D eigenvalue weighted by Crippen LogP contribution is 2.16. The van der Waals surface area contributed by atoms with E-state index < -0.39 is 12.1 Å². The van der Waals surface area contributed by atoms with E-state index in [1.54, 1.807) is 48.5 Å². The lowest BCUT2D eigenvalue weighted by molar-refractivity contribution is -0.146. The van der Waals surface area contributed by atoms with Crippen LogP contribution in [0.5, 0.6) is 11.5 Å². The van der Waals surface area contributed by atoms with Gasteiger partial charge in [0.1, 0.15) is 11.5 Å². The number of benzene rings is 2. The van der Waals surface area contributed by atoms with E-state index in [1.165, 1.54) is 7.11 Å². The topological polar surface area (TPSA) is 93.1 Å². The maximum atomic E-state index is 12.1. The molecule has 6 heteroatoms. The van der Waals surface area contributed by atoms with Crippen LogP contribution in [0.3, 0.4) is 0 Å². The van der Waals surface area contributed by atoms with Gasteiger partial charge in [0.25, 0.3) is 0 Å². The smallest absolute Gasteiger partial charge is 0.332 e. The molecular weight excluding hydrogens is 312 g/mol. The Morgan fingerprint density at radius 2 is 1.79 bits per heavy atom. The second-order valence-corrected chi connectivity index (χ2v) is 5.15. The lowest BCUT2D eigenvalue weighted by Crippen LogP contribution is -2.21. The van der Waals surface area contributed by atoms with Crippen LogP contribution in [0.25, 0.3) is 0 Å². The molecule has 0 saturated carbocycles. The normalized spacial score (nSPS) is 11.6. The number of rotatable bonds is 8. The number of ether oxygens (including phenoxy) is 2. The van der Waals surface area contributed by atoms with Crippen molar-refractivity contribution < 1.29 is 29.3 Å². The summed E-state index contributed by atoms with van der Waals surface area (Å²) in [5.41, 5.74) is 1.16. The molecule has 0 heterocycles. The third kappa shape index (κ3) is 4.82. The Bertz CT molecular complexity index is 708. The highest BCUT2D eigenvalue weighted by molar-refractivity contribution is 5.97. The molecule has 0 aromatic heterocycles. The average Bonchev–Trinajstić information content (AvgIpc) is 2.60. The minimum atomic E-state index is -1.44. The molecular formula is C18H18O6. The standard InChI is InChI=1S/C18H18O6/c1-23-15-4-2-3-13(10-15)17(20)11-24-14-7-5-12(6-8-14)9-16(19)18(21)22/h2-8,10,16,19H,9,11H2,1H3,(H,21,22). The van der Waals surface area contributed by atoms with Crippen LogP contribution < -0.4 is 9.47 Å². The fourth-order valence-electron chi connectivity index (χ4n) is 2.06. The van der Waals surface area contributed by atoms with Crippen LogP contribution in [0.2, 0.25) is 0 Å². The third-order valence-corrected chi connectivity index (χ3v) is 3.40. The number of carboxylic acid groups (broad SMARTS) is 1. The number of aliphatic hydroxyl groups excluding tert-OH is 1. The molecule has 2 rings (SSSR count). The third-order valence-electron chi connectivity index (χ3n) is 3.40. The molecule has 2 N–H and O–H groups in total. The Kier molecular flexibility index (Phi) is 5.92. The zero-order chi connectivity index (χ0) is 17.5. The maximum absolute atomic E-state index is 12.1. The van der Waals surface area contributed by atoms with E-state index in [1.807, 2.05) is 0 Å². The Morgan fingerprint density at radius 3 is 2.42 bits per heavy atom. The van der Waals surface area contributed by atoms with Crippen LogP contribution in [-0.2, 0) is 11.2 Å². The molecule has 0 aliphatic carbocycles. The molecule has 0 radical (unpaired) electrons. The van der Waals surface area contributed by atoms with Crippen molar-refractivity contribution >= 4 is 11.8 Å². The molecule has 24 heavy (non-hydrogen) atoms. The van der Waals surface area contributed by atoms with Gasteiger partial charge in [0.05, 0.1) is 7.11 Å². The van der Waals surface area contributed by atoms with E-state index >= 15 is 0 Å². The maximum Gasteiger partial charge on any atom is 0.332 e. The van der Waals surface area contributed by atoms with Gasteiger partial charge in [-0.25, -0.2) is 4.79 Å². The predicted octanol–water partition coefficient (Wildman–Crippen LogP) is 1.94. The summed E-state index contributed by atoms with van der Waals surface area (Å²) in [5.74, 6) is -0.361. The number of ketones is 1. The molecule has 126 valence electrons. The van der Waals surface area contributed by atoms with Crippen molar-refractivity contribution in [3.63, 3.8) is 0 Å². The zero-order valence-corrected chi connectivity index (χ0v) is 13.1. The van der Waals surface area contributed by atoms with Gasteiger partial charge < -0.3 is 19.7 Å². The lowest BCUT2D eigenvalue weighted by Gasteiger charge is -2.09. The monoisotopic (exact) mass is 330 g/mol. The molecule has 0 aliphatic heterocycles. The summed E-state index contributed by atoms with van der Waals surface area (Å²) in [6, 6.07) is 13.4. The summed E-state index contributed by atoms with van der Waals surface area (Å²) >= 11 is 0. The van der Waals surface area contributed by atoms with Crippen molar-refractivity contribution in [2.75, 3.05) is 13.7 Å². The predicted molar refractivity (Wildman–Crippen MR) is 86.6 cm³/mol. The minimum absolute atomic E-state index is 0.0123. The number of hydrogen-bond acceptors (Lipinski definition) is 5. The molecule has 0 bridgehead atoms. The first-order valence-electron chi connectivity index (χ1n) is 7.29. The Hall–Kier alpha value is -2.86. The van der Waals surface area contributed by atoms with Crippen LogP contribution in [0.15, 0.2) is 48.5 Å². The van der Waals surface area contributed by atoms with Crippen molar-refractivity contribution in [1.29, 1.82) is 0 Å². The van der Waals surface area contributed by atoms with Gasteiger partial charge in [-0.3, -0.25) is 4.79 Å². The number of methoxy groups -OCH3 is 1. The van der Waals surface area contributed by atoms with Gasteiger partial charge in [0.15, 0.2) is 18.5 Å². The van der Waals surface area contributed by atoms with Gasteiger partial charge >= 0.3 is 5.97 Å². The highest BCUT2D eigenvalue weighted by Gasteiger charge is 2.13. The number of carbonyl (C=O) groups is 2. The van der Waals surface area contributed by atoms with E-state index in [2.05, 4.69) is 0 Å². The van der Waals surface area contributed by atoms with E-state index in [0.717, 1.165) is 0 Å². The largest absolute Gasteiger partial charge is 0.497 e. The first-order valence-corrected chi connectivity index (χ1v) is 7.29. The van der Waals surface area contributed by atoms with E-state index in [9.17, 15) is 14.7 Å². The molecule has 0 saturated heterocycles. The molecule has 2 aromatic carbocycles. The second-order valence-electron chi connectivity index (χ2n) is 5.15.